The van der Waals surface area contributed by atoms with Gasteiger partial charge in [0, 0.05) is 16.6 Å². The number of benzene rings is 1. The van der Waals surface area contributed by atoms with Crippen LogP contribution in [0, 0.1) is 5.92 Å². The van der Waals surface area contributed by atoms with Gasteiger partial charge < -0.3 is 11.2 Å². The zero-order chi connectivity index (χ0) is 17.0. The van der Waals surface area contributed by atoms with E-state index >= 15 is 0 Å². The molecule has 0 aliphatic carbocycles. The number of nitrogen functional groups attached to an aromatic ring is 1. The highest BCUT2D eigenvalue weighted by molar-refractivity contribution is 7.99. The van der Waals surface area contributed by atoms with Crippen LogP contribution in [0.2, 0.25) is 5.02 Å². The van der Waals surface area contributed by atoms with E-state index in [-0.39, 0.29) is 17.7 Å². The number of halogens is 1. The molecule has 3 N–H and O–H groups in total. The molecule has 0 aliphatic heterocycles. The number of aromatic nitrogens is 3. The van der Waals surface area contributed by atoms with E-state index in [0.29, 0.717) is 21.9 Å². The third kappa shape index (κ3) is 4.62. The Morgan fingerprint density at radius 2 is 2.13 bits per heavy atom. The van der Waals surface area contributed by atoms with Gasteiger partial charge in [0.05, 0.1) is 5.75 Å². The van der Waals surface area contributed by atoms with Gasteiger partial charge in [0.15, 0.2) is 5.82 Å². The quantitative estimate of drug-likeness (QED) is 0.615. The smallest absolute Gasteiger partial charge is 0.230 e. The summed E-state index contributed by atoms with van der Waals surface area (Å²) in [5.41, 5.74) is 0.775. The van der Waals surface area contributed by atoms with E-state index < -0.39 is 0 Å². The van der Waals surface area contributed by atoms with Crippen LogP contribution >= 0.6 is 23.4 Å². The maximum absolute atomic E-state index is 11.9. The van der Waals surface area contributed by atoms with Crippen molar-refractivity contribution in [1.82, 2.24) is 20.2 Å². The predicted molar refractivity (Wildman–Crippen MR) is 93.8 cm³/mol. The van der Waals surface area contributed by atoms with Crippen LogP contribution in [0.1, 0.15) is 20.8 Å². The molecule has 0 unspecified atom stereocenters. The summed E-state index contributed by atoms with van der Waals surface area (Å²) in [4.78, 5) is 11.9. The molecule has 0 spiro atoms. The monoisotopic (exact) mass is 353 g/mol. The molecular formula is C15H20ClN5OS. The molecule has 1 amide bonds. The summed E-state index contributed by atoms with van der Waals surface area (Å²) in [6.45, 7) is 6.10. The molecule has 0 fully saturated rings. The van der Waals surface area contributed by atoms with Crippen LogP contribution < -0.4 is 11.2 Å². The second kappa shape index (κ2) is 7.70. The molecule has 0 saturated carbocycles. The van der Waals surface area contributed by atoms with Crippen molar-refractivity contribution < 1.29 is 4.79 Å². The topological polar surface area (TPSA) is 85.8 Å². The fourth-order valence-electron chi connectivity index (χ4n) is 1.79. The molecule has 6 nitrogen and oxygen atoms in total. The standard InChI is InChI=1S/C15H20ClN5OS/c1-9(2)10(3)18-13(22)8-23-15-20-19-14(21(15)17)11-5-4-6-12(16)7-11/h4-7,9-10H,8,17H2,1-3H3,(H,18,22)/t10-/m1/s1. The second-order valence-corrected chi connectivity index (χ2v) is 6.95. The lowest BCUT2D eigenvalue weighted by Crippen LogP contribution is -2.37. The summed E-state index contributed by atoms with van der Waals surface area (Å²) >= 11 is 7.22. The third-order valence-corrected chi connectivity index (χ3v) is 4.65. The molecule has 1 atom stereocenters. The van der Waals surface area contributed by atoms with Gasteiger partial charge in [-0.2, -0.15) is 0 Å². The lowest BCUT2D eigenvalue weighted by atomic mass is 10.1. The van der Waals surface area contributed by atoms with E-state index in [1.165, 1.54) is 16.4 Å². The first-order valence-corrected chi connectivity index (χ1v) is 8.63. The van der Waals surface area contributed by atoms with E-state index in [0.717, 1.165) is 5.56 Å². The van der Waals surface area contributed by atoms with E-state index in [1.54, 1.807) is 12.1 Å². The lowest BCUT2D eigenvalue weighted by Gasteiger charge is -2.16. The minimum Gasteiger partial charge on any atom is -0.353 e. The van der Waals surface area contributed by atoms with E-state index in [1.807, 2.05) is 19.1 Å². The lowest BCUT2D eigenvalue weighted by molar-refractivity contribution is -0.119. The average Bonchev–Trinajstić information content (AvgIpc) is 2.86. The van der Waals surface area contributed by atoms with Gasteiger partial charge >= 0.3 is 0 Å². The number of thioether (sulfide) groups is 1. The Morgan fingerprint density at radius 1 is 1.39 bits per heavy atom. The Morgan fingerprint density at radius 3 is 2.78 bits per heavy atom. The number of hydrogen-bond donors (Lipinski definition) is 2. The number of nitrogens with two attached hydrogens (primary N) is 1. The Balaban J connectivity index is 2.01. The van der Waals surface area contributed by atoms with E-state index in [4.69, 9.17) is 17.4 Å². The van der Waals surface area contributed by atoms with Gasteiger partial charge in [-0.25, -0.2) is 4.68 Å². The van der Waals surface area contributed by atoms with Crippen LogP contribution in [-0.2, 0) is 4.79 Å². The second-order valence-electron chi connectivity index (χ2n) is 5.58. The van der Waals surface area contributed by atoms with Gasteiger partial charge in [0.1, 0.15) is 0 Å². The van der Waals surface area contributed by atoms with Crippen molar-refractivity contribution in [3.8, 4) is 11.4 Å². The van der Waals surface area contributed by atoms with Gasteiger partial charge in [-0.15, -0.1) is 10.2 Å². The van der Waals surface area contributed by atoms with Gasteiger partial charge in [0.2, 0.25) is 11.1 Å². The Hall–Kier alpha value is -1.73. The Kier molecular flexibility index (Phi) is 5.90. The van der Waals surface area contributed by atoms with E-state index in [9.17, 15) is 4.79 Å². The molecule has 1 heterocycles. The summed E-state index contributed by atoms with van der Waals surface area (Å²) < 4.78 is 1.37. The number of rotatable bonds is 6. The molecule has 0 radical (unpaired) electrons. The zero-order valence-electron chi connectivity index (χ0n) is 13.3. The largest absolute Gasteiger partial charge is 0.353 e. The first kappa shape index (κ1) is 17.6. The van der Waals surface area contributed by atoms with Crippen LogP contribution in [0.4, 0.5) is 0 Å². The molecule has 1 aromatic heterocycles. The highest BCUT2D eigenvalue weighted by Crippen LogP contribution is 2.23. The van der Waals surface area contributed by atoms with Gasteiger partial charge in [0.25, 0.3) is 0 Å². The van der Waals surface area contributed by atoms with Crippen LogP contribution in [0.5, 0.6) is 0 Å². The number of nitrogens with one attached hydrogen (secondary N) is 1. The fraction of sp³-hybridized carbons (Fsp3) is 0.400. The summed E-state index contributed by atoms with van der Waals surface area (Å²) in [6.07, 6.45) is 0. The Labute approximate surface area is 144 Å². The van der Waals surface area contributed by atoms with Crippen molar-refractivity contribution in [3.05, 3.63) is 29.3 Å². The zero-order valence-corrected chi connectivity index (χ0v) is 14.9. The summed E-state index contributed by atoms with van der Waals surface area (Å²) in [5.74, 6) is 7.09. The third-order valence-electron chi connectivity index (χ3n) is 3.47. The van der Waals surface area contributed by atoms with Crippen molar-refractivity contribution >= 4 is 29.3 Å². The number of carbonyl (C=O) groups excluding carboxylic acids is 1. The highest BCUT2D eigenvalue weighted by Gasteiger charge is 2.15. The summed E-state index contributed by atoms with van der Waals surface area (Å²) in [7, 11) is 0. The maximum atomic E-state index is 11.9. The highest BCUT2D eigenvalue weighted by atomic mass is 35.5. The molecule has 2 aromatic rings. The average molecular weight is 354 g/mol. The van der Waals surface area contributed by atoms with Crippen molar-refractivity contribution in [1.29, 1.82) is 0 Å². The molecule has 124 valence electrons. The summed E-state index contributed by atoms with van der Waals surface area (Å²) in [5, 5.41) is 12.1. The minimum atomic E-state index is -0.0523. The van der Waals surface area contributed by atoms with Crippen LogP contribution in [0.3, 0.4) is 0 Å². The van der Waals surface area contributed by atoms with Crippen molar-refractivity contribution in [3.63, 3.8) is 0 Å². The van der Waals surface area contributed by atoms with E-state index in [2.05, 4.69) is 29.4 Å². The van der Waals surface area contributed by atoms with Gasteiger partial charge in [-0.05, 0) is 25.0 Å². The number of nitrogens with zero attached hydrogens (tertiary/aromatic N) is 3. The van der Waals surface area contributed by atoms with Crippen molar-refractivity contribution in [2.45, 2.75) is 32.0 Å². The van der Waals surface area contributed by atoms with Crippen LogP contribution in [0.25, 0.3) is 11.4 Å². The molecule has 2 rings (SSSR count). The van der Waals surface area contributed by atoms with Crippen LogP contribution in [0.15, 0.2) is 29.4 Å². The van der Waals surface area contributed by atoms with Gasteiger partial charge in [-0.1, -0.05) is 49.3 Å². The van der Waals surface area contributed by atoms with Crippen LogP contribution in [-0.4, -0.2) is 32.6 Å². The molecule has 0 saturated heterocycles. The molecule has 0 bridgehead atoms. The first-order chi connectivity index (χ1) is 10.9. The molecule has 23 heavy (non-hydrogen) atoms. The first-order valence-electron chi connectivity index (χ1n) is 7.27. The number of amides is 1. The maximum Gasteiger partial charge on any atom is 0.230 e. The fourth-order valence-corrected chi connectivity index (χ4v) is 2.65. The van der Waals surface area contributed by atoms with Crippen molar-refractivity contribution in [2.75, 3.05) is 11.6 Å². The molecule has 0 aliphatic rings. The molecular weight excluding hydrogens is 334 g/mol. The SMILES string of the molecule is CC(C)[C@@H](C)NC(=O)CSc1nnc(-c2cccc(Cl)c2)n1N. The van der Waals surface area contributed by atoms with Crippen molar-refractivity contribution in [2.24, 2.45) is 5.92 Å². The molecule has 1 aromatic carbocycles. The normalized spacial score (nSPS) is 12.4. The summed E-state index contributed by atoms with van der Waals surface area (Å²) in [6, 6.07) is 7.34. The Bertz CT molecular complexity index is 688. The number of carbonyl (C=O) groups is 1. The van der Waals surface area contributed by atoms with Gasteiger partial charge in [-0.3, -0.25) is 4.79 Å². The molecule has 8 heteroatoms. The minimum absolute atomic E-state index is 0.0523. The number of hydrogen-bond acceptors (Lipinski definition) is 5. The predicted octanol–water partition coefficient (Wildman–Crippen LogP) is 2.57.